The Bertz CT molecular complexity index is 749. The molecular weight excluding hydrogens is 460 g/mol. The molecule has 0 aliphatic heterocycles. The summed E-state index contributed by atoms with van der Waals surface area (Å²) in [5, 5.41) is 29.5. The van der Waals surface area contributed by atoms with Gasteiger partial charge in [0.1, 0.15) is 0 Å². The Balaban J connectivity index is 0. The number of nitrogens with one attached hydrogen (secondary N) is 4. The van der Waals surface area contributed by atoms with Gasteiger partial charge in [0, 0.05) is 49.6 Å². The molecule has 30 heavy (non-hydrogen) atoms. The zero-order valence-corrected chi connectivity index (χ0v) is 15.6. The number of H-pyrrole nitrogens is 4. The van der Waals surface area contributed by atoms with E-state index in [1.165, 1.54) is 0 Å². The van der Waals surface area contributed by atoms with Crippen LogP contribution >= 0.6 is 0 Å². The second-order valence-corrected chi connectivity index (χ2v) is 4.20. The van der Waals surface area contributed by atoms with E-state index in [0.29, 0.717) is 0 Å². The minimum Gasteiger partial charge on any atom is -0.457 e. The monoisotopic (exact) mass is 474 g/mol. The predicted octanol–water partition coefficient (Wildman–Crippen LogP) is 0.197. The topological polar surface area (TPSA) is 280 Å². The first-order chi connectivity index (χ1) is 13.4. The van der Waals surface area contributed by atoms with Gasteiger partial charge in [0.05, 0.1) is 10.2 Å². The van der Waals surface area contributed by atoms with Gasteiger partial charge in [-0.2, -0.15) is 0 Å². The molecule has 0 fully saturated rings. The van der Waals surface area contributed by atoms with E-state index in [9.17, 15) is 0 Å². The first-order valence-electron chi connectivity index (χ1n) is 7.01. The van der Waals surface area contributed by atoms with Crippen LogP contribution in [-0.4, -0.2) is 50.0 Å². The zero-order chi connectivity index (χ0) is 20.8. The van der Waals surface area contributed by atoms with Crippen molar-refractivity contribution in [2.24, 2.45) is 0 Å². The molecule has 0 saturated heterocycles. The number of hydrogen-bond donors (Lipinski definition) is 4. The van der Waals surface area contributed by atoms with Crippen molar-refractivity contribution in [3.05, 3.63) is 80.2 Å². The molecule has 0 aliphatic carbocycles. The number of hydrogen-bond acceptors (Lipinski definition) is 10. The van der Waals surface area contributed by atoms with E-state index in [0.717, 1.165) is 23.3 Å². The van der Waals surface area contributed by atoms with Crippen molar-refractivity contribution in [1.29, 1.82) is 0 Å². The summed E-state index contributed by atoms with van der Waals surface area (Å²) in [7, 11) is 0. The molecule has 0 aromatic carbocycles. The number of rotatable bonds is 2. The van der Waals surface area contributed by atoms with E-state index in [4.69, 9.17) is 30.6 Å². The van der Waals surface area contributed by atoms with Crippen molar-refractivity contribution >= 4 is 0 Å². The van der Waals surface area contributed by atoms with Crippen LogP contribution in [-0.2, 0) is 22.5 Å². The Labute approximate surface area is 176 Å². The molecule has 0 spiro atoms. The van der Waals surface area contributed by atoms with Crippen molar-refractivity contribution in [2.75, 3.05) is 0 Å². The third-order valence-corrected chi connectivity index (χ3v) is 2.44. The average molecular weight is 475 g/mol. The summed E-state index contributed by atoms with van der Waals surface area (Å²) in [5.74, 6) is 3.07. The van der Waals surface area contributed by atoms with E-state index < -0.39 is 10.2 Å². The van der Waals surface area contributed by atoms with Gasteiger partial charge >= 0.3 is 17.1 Å². The summed E-state index contributed by atoms with van der Waals surface area (Å²) in [6.45, 7) is 0. The summed E-state index contributed by atoms with van der Waals surface area (Å²) < 4.78 is 0. The standard InChI is InChI=1S/2C6H6N4.Cu.2NO3.H2O/c2*1-2-8-5(7-1)6-9-3-4-10-6;;2*2-1(3)4;/h2*1-4H,(H,7,8)(H,9,10);;;;1H2/q;;+2;2*-1;/p+1. The van der Waals surface area contributed by atoms with Crippen molar-refractivity contribution < 1.29 is 32.7 Å². The largest absolute Gasteiger partial charge is 2.00 e. The Morgan fingerprint density at radius 1 is 0.567 bits per heavy atom. The second kappa shape index (κ2) is 15.7. The molecule has 0 bridgehead atoms. The maximum atomic E-state index is 8.25. The quantitative estimate of drug-likeness (QED) is 0.132. The van der Waals surface area contributed by atoms with Crippen LogP contribution in [0.25, 0.3) is 23.3 Å². The van der Waals surface area contributed by atoms with Crippen LogP contribution in [0.5, 0.6) is 0 Å². The number of aromatic amines is 4. The van der Waals surface area contributed by atoms with Gasteiger partial charge in [0.25, 0.3) is 0 Å². The van der Waals surface area contributed by atoms with Crippen LogP contribution < -0.4 is 0 Å². The van der Waals surface area contributed by atoms with E-state index in [2.05, 4.69) is 39.9 Å². The summed E-state index contributed by atoms with van der Waals surface area (Å²) in [6.07, 6.45) is 13.8. The maximum Gasteiger partial charge on any atom is 2.00 e. The summed E-state index contributed by atoms with van der Waals surface area (Å²) >= 11 is 0. The van der Waals surface area contributed by atoms with Crippen LogP contribution in [0.15, 0.2) is 49.6 Å². The van der Waals surface area contributed by atoms with E-state index >= 15 is 0 Å². The summed E-state index contributed by atoms with van der Waals surface area (Å²) in [6, 6.07) is 0. The van der Waals surface area contributed by atoms with Crippen LogP contribution in [0.1, 0.15) is 0 Å². The Morgan fingerprint density at radius 2 is 0.733 bits per heavy atom. The normalized spacial score (nSPS) is 8.27. The average Bonchev–Trinajstić information content (AvgIpc) is 3.46. The van der Waals surface area contributed by atoms with Crippen molar-refractivity contribution in [3.63, 3.8) is 0 Å². The van der Waals surface area contributed by atoms with E-state index in [1.807, 2.05) is 0 Å². The van der Waals surface area contributed by atoms with Gasteiger partial charge in [0.2, 0.25) is 0 Å². The molecule has 4 heterocycles. The number of aromatic nitrogens is 8. The van der Waals surface area contributed by atoms with Gasteiger partial charge in [-0.1, -0.05) is 0 Å². The minimum atomic E-state index is -1.75. The molecule has 0 atom stereocenters. The van der Waals surface area contributed by atoms with Gasteiger partial charge in [-0.25, -0.2) is 19.9 Å². The van der Waals surface area contributed by atoms with Crippen molar-refractivity contribution in [3.8, 4) is 23.3 Å². The third-order valence-electron chi connectivity index (χ3n) is 2.44. The zero-order valence-electron chi connectivity index (χ0n) is 14.6. The fraction of sp³-hybridized carbons (Fsp3) is 0. The minimum absolute atomic E-state index is 0. The van der Waals surface area contributed by atoms with Gasteiger partial charge in [-0.15, -0.1) is 0 Å². The Kier molecular flexibility index (Phi) is 14.7. The predicted molar refractivity (Wildman–Crippen MR) is 97.9 cm³/mol. The van der Waals surface area contributed by atoms with Crippen molar-refractivity contribution in [1.82, 2.24) is 39.9 Å². The Morgan fingerprint density at radius 3 is 0.833 bits per heavy atom. The molecule has 0 amide bonds. The second-order valence-electron chi connectivity index (χ2n) is 4.20. The van der Waals surface area contributed by atoms with Gasteiger partial charge < -0.3 is 56.1 Å². The molecule has 4 aromatic rings. The van der Waals surface area contributed by atoms with Crippen LogP contribution in [0, 0.1) is 30.6 Å². The van der Waals surface area contributed by atoms with Crippen molar-refractivity contribution in [2.45, 2.75) is 0 Å². The molecule has 7 N–H and O–H groups in total. The molecule has 0 unspecified atom stereocenters. The molecule has 18 heteroatoms. The first kappa shape index (κ1) is 27.9. The molecule has 0 aliphatic rings. The third kappa shape index (κ3) is 12.2. The van der Waals surface area contributed by atoms with Gasteiger partial charge in [0.15, 0.2) is 23.3 Å². The van der Waals surface area contributed by atoms with Gasteiger partial charge in [-0.3, -0.25) is 0 Å². The fourth-order valence-electron chi connectivity index (χ4n) is 1.58. The van der Waals surface area contributed by atoms with Crippen LogP contribution in [0.4, 0.5) is 0 Å². The summed E-state index contributed by atoms with van der Waals surface area (Å²) in [5.41, 5.74) is 0. The Hall–Kier alpha value is -4.28. The number of imidazole rings is 4. The maximum absolute atomic E-state index is 8.25. The van der Waals surface area contributed by atoms with Crippen LogP contribution in [0.3, 0.4) is 0 Å². The molecule has 4 rings (SSSR count). The fourth-order valence-corrected chi connectivity index (χ4v) is 1.58. The summed E-state index contributed by atoms with van der Waals surface area (Å²) in [4.78, 5) is 44.3. The molecule has 165 valence electrons. The molecule has 4 aromatic heterocycles. The van der Waals surface area contributed by atoms with Crippen LogP contribution in [0.2, 0.25) is 0 Å². The molecular formula is C12H15CuN10O7+. The number of nitrogens with zero attached hydrogens (tertiary/aromatic N) is 6. The molecule has 1 radical (unpaired) electrons. The van der Waals surface area contributed by atoms with E-state index in [-0.39, 0.29) is 22.5 Å². The SMILES string of the molecule is O=[N+]([O-])[O-].O=[N+]([O-])[O-].[Cu+2].[OH3+].c1c[nH]c(-c2ncc[nH]2)n1.c1c[nH]c(-c2ncc[nH]2)n1. The smallest absolute Gasteiger partial charge is 0.457 e. The molecule has 0 saturated carbocycles. The first-order valence-corrected chi connectivity index (χ1v) is 7.01. The van der Waals surface area contributed by atoms with E-state index in [1.54, 1.807) is 49.6 Å². The molecule has 17 nitrogen and oxygen atoms in total. The van der Waals surface area contributed by atoms with Gasteiger partial charge in [-0.05, 0) is 0 Å².